The number of piperidine rings is 1. The molecule has 0 N–H and O–H groups in total. The molecule has 114 valence electrons. The van der Waals surface area contributed by atoms with Crippen molar-refractivity contribution in [1.82, 2.24) is 15.1 Å². The number of rotatable bonds is 2. The minimum absolute atomic E-state index is 0.0367. The number of likely N-dealkylation sites (tertiary alicyclic amines) is 1. The highest BCUT2D eigenvalue weighted by Gasteiger charge is 2.19. The zero-order chi connectivity index (χ0) is 14.5. The highest BCUT2D eigenvalue weighted by atomic mass is 16.2. The number of hydrogen-bond acceptors (Lipinski definition) is 4. The lowest BCUT2D eigenvalue weighted by molar-refractivity contribution is 0.0754. The minimum Gasteiger partial charge on any atom is -0.355 e. The van der Waals surface area contributed by atoms with Gasteiger partial charge in [-0.3, -0.25) is 4.79 Å². The zero-order valence-electron chi connectivity index (χ0n) is 12.6. The summed E-state index contributed by atoms with van der Waals surface area (Å²) in [6.07, 6.45) is 8.39. The second-order valence-corrected chi connectivity index (χ2v) is 6.03. The molecule has 2 aliphatic rings. The molecular formula is C16H24N4O. The lowest BCUT2D eigenvalue weighted by atomic mass is 10.1. The number of carbonyl (C=O) groups is 1. The maximum Gasteiger partial charge on any atom is 0.274 e. The van der Waals surface area contributed by atoms with Crippen molar-refractivity contribution in [1.29, 1.82) is 0 Å². The van der Waals surface area contributed by atoms with Gasteiger partial charge in [-0.25, -0.2) is 0 Å². The summed E-state index contributed by atoms with van der Waals surface area (Å²) in [5.74, 6) is 0.941. The first-order valence-corrected chi connectivity index (χ1v) is 8.22. The van der Waals surface area contributed by atoms with Gasteiger partial charge in [-0.15, -0.1) is 10.2 Å². The maximum atomic E-state index is 12.4. The standard InChI is InChI=1S/C16H24N4O/c21-16(20-12-4-1-2-5-13-20)14-8-9-15(18-17-14)19-10-6-3-7-11-19/h8-9H,1-7,10-13H2. The van der Waals surface area contributed by atoms with Crippen molar-refractivity contribution in [2.24, 2.45) is 0 Å². The Balaban J connectivity index is 1.66. The summed E-state index contributed by atoms with van der Waals surface area (Å²) in [4.78, 5) is 16.6. The van der Waals surface area contributed by atoms with Gasteiger partial charge in [0.15, 0.2) is 11.5 Å². The molecule has 5 nitrogen and oxygen atoms in total. The largest absolute Gasteiger partial charge is 0.355 e. The van der Waals surface area contributed by atoms with Crippen LogP contribution >= 0.6 is 0 Å². The Labute approximate surface area is 126 Å². The van der Waals surface area contributed by atoms with Crippen molar-refractivity contribution < 1.29 is 4.79 Å². The fourth-order valence-electron chi connectivity index (χ4n) is 3.17. The third kappa shape index (κ3) is 3.52. The Morgan fingerprint density at radius 3 is 2.05 bits per heavy atom. The predicted octanol–water partition coefficient (Wildman–Crippen LogP) is 2.48. The van der Waals surface area contributed by atoms with E-state index in [1.54, 1.807) is 0 Å². The molecule has 3 rings (SSSR count). The molecule has 1 amide bonds. The Hall–Kier alpha value is -1.65. The summed E-state index contributed by atoms with van der Waals surface area (Å²) in [6, 6.07) is 3.79. The average Bonchev–Trinajstić information content (AvgIpc) is 2.84. The summed E-state index contributed by atoms with van der Waals surface area (Å²) < 4.78 is 0. The SMILES string of the molecule is O=C(c1ccc(N2CCCCC2)nn1)N1CCCCCC1. The molecule has 0 bridgehead atoms. The maximum absolute atomic E-state index is 12.4. The Morgan fingerprint density at radius 2 is 1.43 bits per heavy atom. The molecule has 0 unspecified atom stereocenters. The number of nitrogens with zero attached hydrogens (tertiary/aromatic N) is 4. The Bertz CT molecular complexity index is 460. The molecule has 3 heterocycles. The molecule has 2 saturated heterocycles. The molecule has 0 aromatic carbocycles. The Kier molecular flexibility index (Phi) is 4.68. The lowest BCUT2D eigenvalue weighted by Gasteiger charge is -2.27. The van der Waals surface area contributed by atoms with Crippen LogP contribution < -0.4 is 4.90 Å². The highest BCUT2D eigenvalue weighted by Crippen LogP contribution is 2.17. The fourth-order valence-corrected chi connectivity index (χ4v) is 3.17. The molecule has 0 aliphatic carbocycles. The van der Waals surface area contributed by atoms with Crippen LogP contribution in [0.1, 0.15) is 55.4 Å². The van der Waals surface area contributed by atoms with Gasteiger partial charge in [0.2, 0.25) is 0 Å². The van der Waals surface area contributed by atoms with Crippen molar-refractivity contribution in [3.8, 4) is 0 Å². The van der Waals surface area contributed by atoms with Gasteiger partial charge in [0.1, 0.15) is 0 Å². The summed E-state index contributed by atoms with van der Waals surface area (Å²) in [5.41, 5.74) is 0.484. The first-order valence-electron chi connectivity index (χ1n) is 8.22. The number of carbonyl (C=O) groups excluding carboxylic acids is 1. The second kappa shape index (κ2) is 6.87. The zero-order valence-corrected chi connectivity index (χ0v) is 12.6. The first kappa shape index (κ1) is 14.3. The van der Waals surface area contributed by atoms with Crippen molar-refractivity contribution in [2.75, 3.05) is 31.1 Å². The third-order valence-electron chi connectivity index (χ3n) is 4.44. The first-order chi connectivity index (χ1) is 10.3. The molecule has 5 heteroatoms. The van der Waals surface area contributed by atoms with Crippen molar-refractivity contribution in [2.45, 2.75) is 44.9 Å². The number of aromatic nitrogens is 2. The van der Waals surface area contributed by atoms with Gasteiger partial charge in [0.05, 0.1) is 0 Å². The van der Waals surface area contributed by atoms with Crippen molar-refractivity contribution >= 4 is 11.7 Å². The van der Waals surface area contributed by atoms with Gasteiger partial charge in [-0.2, -0.15) is 0 Å². The molecule has 0 radical (unpaired) electrons. The van der Waals surface area contributed by atoms with Crippen LogP contribution in [0.3, 0.4) is 0 Å². The van der Waals surface area contributed by atoms with Crippen LogP contribution in [0.5, 0.6) is 0 Å². The van der Waals surface area contributed by atoms with Crippen molar-refractivity contribution in [3.05, 3.63) is 17.8 Å². The minimum atomic E-state index is 0.0367. The number of amides is 1. The van der Waals surface area contributed by atoms with Crippen molar-refractivity contribution in [3.63, 3.8) is 0 Å². The van der Waals surface area contributed by atoms with Gasteiger partial charge in [0, 0.05) is 26.2 Å². The topological polar surface area (TPSA) is 49.3 Å². The van der Waals surface area contributed by atoms with Gasteiger partial charge in [-0.1, -0.05) is 12.8 Å². The summed E-state index contributed by atoms with van der Waals surface area (Å²) in [6.45, 7) is 3.81. The van der Waals surface area contributed by atoms with Crippen LogP contribution in [0.25, 0.3) is 0 Å². The van der Waals surface area contributed by atoms with E-state index in [4.69, 9.17) is 0 Å². The molecule has 0 saturated carbocycles. The van der Waals surface area contributed by atoms with E-state index in [2.05, 4.69) is 15.1 Å². The van der Waals surface area contributed by atoms with Crippen LogP contribution in [-0.2, 0) is 0 Å². The molecular weight excluding hydrogens is 264 g/mol. The highest BCUT2D eigenvalue weighted by molar-refractivity contribution is 5.92. The van der Waals surface area contributed by atoms with E-state index >= 15 is 0 Å². The fraction of sp³-hybridized carbons (Fsp3) is 0.688. The molecule has 2 aliphatic heterocycles. The van der Waals surface area contributed by atoms with Gasteiger partial charge in [-0.05, 0) is 44.2 Å². The molecule has 21 heavy (non-hydrogen) atoms. The van der Waals surface area contributed by atoms with Crippen LogP contribution in [0.4, 0.5) is 5.82 Å². The molecule has 0 spiro atoms. The predicted molar refractivity (Wildman–Crippen MR) is 82.5 cm³/mol. The smallest absolute Gasteiger partial charge is 0.274 e. The normalized spacial score (nSPS) is 20.2. The monoisotopic (exact) mass is 288 g/mol. The van der Waals surface area contributed by atoms with Gasteiger partial charge in [0.25, 0.3) is 5.91 Å². The second-order valence-electron chi connectivity index (χ2n) is 6.03. The Morgan fingerprint density at radius 1 is 0.810 bits per heavy atom. The van der Waals surface area contributed by atoms with Gasteiger partial charge >= 0.3 is 0 Å². The van der Waals surface area contributed by atoms with Crippen LogP contribution in [-0.4, -0.2) is 47.2 Å². The van der Waals surface area contributed by atoms with E-state index in [9.17, 15) is 4.79 Å². The lowest BCUT2D eigenvalue weighted by Crippen LogP contribution is -2.33. The molecule has 2 fully saturated rings. The number of anilines is 1. The molecule has 1 aromatic heterocycles. The summed E-state index contributed by atoms with van der Waals surface area (Å²) >= 11 is 0. The van der Waals surface area contributed by atoms with E-state index in [1.807, 2.05) is 17.0 Å². The number of hydrogen-bond donors (Lipinski definition) is 0. The summed E-state index contributed by atoms with van der Waals surface area (Å²) in [7, 11) is 0. The van der Waals surface area contributed by atoms with E-state index < -0.39 is 0 Å². The third-order valence-corrected chi connectivity index (χ3v) is 4.44. The van der Waals surface area contributed by atoms with E-state index in [0.717, 1.165) is 44.8 Å². The summed E-state index contributed by atoms with van der Waals surface area (Å²) in [5, 5.41) is 8.45. The van der Waals surface area contributed by atoms with Crippen LogP contribution in [0, 0.1) is 0 Å². The van der Waals surface area contributed by atoms with Crippen LogP contribution in [0.2, 0.25) is 0 Å². The van der Waals surface area contributed by atoms with Crippen LogP contribution in [0.15, 0.2) is 12.1 Å². The molecule has 0 atom stereocenters. The quantitative estimate of drug-likeness (QED) is 0.839. The van der Waals surface area contributed by atoms with Gasteiger partial charge < -0.3 is 9.80 Å². The van der Waals surface area contributed by atoms with E-state index in [0.29, 0.717) is 5.69 Å². The van der Waals surface area contributed by atoms with E-state index in [1.165, 1.54) is 32.1 Å². The average molecular weight is 288 g/mol. The molecule has 1 aromatic rings. The van der Waals surface area contributed by atoms with E-state index in [-0.39, 0.29) is 5.91 Å².